The maximum atomic E-state index is 12.2. The molecule has 1 aliphatic heterocycles. The van der Waals surface area contributed by atoms with Crippen LogP contribution in [0.4, 0.5) is 0 Å². The number of hydrogen-bond donors (Lipinski definition) is 0. The number of carbonyl (C=O) groups is 1. The van der Waals surface area contributed by atoms with Gasteiger partial charge in [0.2, 0.25) is 5.91 Å². The van der Waals surface area contributed by atoms with Crippen molar-refractivity contribution in [2.75, 3.05) is 26.2 Å². The molecule has 5 heteroatoms. The van der Waals surface area contributed by atoms with Crippen molar-refractivity contribution in [3.63, 3.8) is 0 Å². The van der Waals surface area contributed by atoms with E-state index in [1.807, 2.05) is 52.9 Å². The summed E-state index contributed by atoms with van der Waals surface area (Å²) in [7, 11) is 0. The Morgan fingerprint density at radius 1 is 1.18 bits per heavy atom. The van der Waals surface area contributed by atoms with Gasteiger partial charge in [-0.25, -0.2) is 0 Å². The molecule has 0 N–H and O–H groups in total. The molecule has 0 saturated carbocycles. The highest BCUT2D eigenvalue weighted by Gasteiger charge is 2.19. The van der Waals surface area contributed by atoms with E-state index in [9.17, 15) is 4.79 Å². The first-order chi connectivity index (χ1) is 10.8. The largest absolute Gasteiger partial charge is 0.337 e. The number of carbonyl (C=O) groups excluding carboxylic acids is 1. The maximum absolute atomic E-state index is 12.2. The molecule has 4 nitrogen and oxygen atoms in total. The molecule has 2 aromatic rings. The minimum Gasteiger partial charge on any atom is -0.337 e. The molecule has 0 atom stereocenters. The topological polar surface area (TPSA) is 36.4 Å². The lowest BCUT2D eigenvalue weighted by atomic mass is 10.2. The minimum absolute atomic E-state index is 0.103. The average molecular weight is 313 g/mol. The Morgan fingerprint density at radius 2 is 2.05 bits per heavy atom. The molecule has 2 aromatic heterocycles. The van der Waals surface area contributed by atoms with Crippen LogP contribution in [-0.2, 0) is 11.3 Å². The molecule has 1 aliphatic rings. The summed E-state index contributed by atoms with van der Waals surface area (Å²) in [5.74, 6) is 0.103. The number of thiophene rings is 1. The summed E-state index contributed by atoms with van der Waals surface area (Å²) >= 11 is 1.64. The van der Waals surface area contributed by atoms with Gasteiger partial charge >= 0.3 is 0 Å². The van der Waals surface area contributed by atoms with Gasteiger partial charge in [0.05, 0.1) is 5.69 Å². The first kappa shape index (κ1) is 14.9. The van der Waals surface area contributed by atoms with Crippen molar-refractivity contribution >= 4 is 23.3 Å². The second-order valence-electron chi connectivity index (χ2n) is 5.27. The van der Waals surface area contributed by atoms with Gasteiger partial charge in [-0.2, -0.15) is 0 Å². The third kappa shape index (κ3) is 4.02. The summed E-state index contributed by atoms with van der Waals surface area (Å²) in [6, 6.07) is 9.99. The van der Waals surface area contributed by atoms with Crippen molar-refractivity contribution in [2.24, 2.45) is 0 Å². The lowest BCUT2D eigenvalue weighted by Gasteiger charge is -2.34. The van der Waals surface area contributed by atoms with Crippen LogP contribution in [0, 0.1) is 0 Å². The monoisotopic (exact) mass is 313 g/mol. The zero-order valence-electron chi connectivity index (χ0n) is 12.4. The number of aromatic nitrogens is 1. The minimum atomic E-state index is 0.103. The molecule has 1 saturated heterocycles. The summed E-state index contributed by atoms with van der Waals surface area (Å²) in [6.45, 7) is 4.21. The molecule has 0 unspecified atom stereocenters. The maximum Gasteiger partial charge on any atom is 0.246 e. The number of rotatable bonds is 4. The zero-order chi connectivity index (χ0) is 15.2. The van der Waals surface area contributed by atoms with Crippen LogP contribution in [0.5, 0.6) is 0 Å². The Bertz CT molecular complexity index is 617. The Hall–Kier alpha value is -1.98. The molecule has 114 valence electrons. The highest BCUT2D eigenvalue weighted by Crippen LogP contribution is 2.11. The van der Waals surface area contributed by atoms with E-state index in [0.717, 1.165) is 43.3 Å². The molecule has 22 heavy (non-hydrogen) atoms. The molecular weight excluding hydrogens is 294 g/mol. The summed E-state index contributed by atoms with van der Waals surface area (Å²) in [6.07, 6.45) is 5.40. The molecule has 0 aromatic carbocycles. The van der Waals surface area contributed by atoms with Gasteiger partial charge < -0.3 is 4.90 Å². The highest BCUT2D eigenvalue weighted by atomic mass is 32.1. The predicted molar refractivity (Wildman–Crippen MR) is 89.4 cm³/mol. The third-order valence-corrected chi connectivity index (χ3v) is 4.57. The fourth-order valence-corrected chi connectivity index (χ4v) is 3.11. The number of piperazine rings is 1. The molecule has 0 radical (unpaired) electrons. The fraction of sp³-hybridized carbons (Fsp3) is 0.294. The lowest BCUT2D eigenvalue weighted by molar-refractivity contribution is -0.127. The van der Waals surface area contributed by atoms with Crippen molar-refractivity contribution in [1.82, 2.24) is 14.8 Å². The fourth-order valence-electron chi connectivity index (χ4n) is 2.49. The molecule has 0 spiro atoms. The first-order valence-electron chi connectivity index (χ1n) is 7.44. The van der Waals surface area contributed by atoms with E-state index >= 15 is 0 Å². The van der Waals surface area contributed by atoms with E-state index in [1.165, 1.54) is 0 Å². The van der Waals surface area contributed by atoms with Crippen LogP contribution in [-0.4, -0.2) is 46.9 Å². The Kier molecular flexibility index (Phi) is 4.98. The summed E-state index contributed by atoms with van der Waals surface area (Å²) < 4.78 is 0. The molecule has 1 fully saturated rings. The Morgan fingerprint density at radius 3 is 2.73 bits per heavy atom. The van der Waals surface area contributed by atoms with Crippen LogP contribution >= 0.6 is 11.3 Å². The van der Waals surface area contributed by atoms with E-state index in [0.29, 0.717) is 0 Å². The number of hydrogen-bond acceptors (Lipinski definition) is 4. The predicted octanol–water partition coefficient (Wildman–Crippen LogP) is 2.50. The quantitative estimate of drug-likeness (QED) is 0.814. The Balaban J connectivity index is 1.48. The summed E-state index contributed by atoms with van der Waals surface area (Å²) in [5.41, 5.74) is 1.08. The van der Waals surface area contributed by atoms with E-state index < -0.39 is 0 Å². The van der Waals surface area contributed by atoms with Crippen LogP contribution in [0.25, 0.3) is 6.08 Å². The van der Waals surface area contributed by atoms with Crippen LogP contribution in [0.1, 0.15) is 10.6 Å². The molecule has 0 bridgehead atoms. The van der Waals surface area contributed by atoms with Crippen LogP contribution in [0.15, 0.2) is 48.0 Å². The number of nitrogens with zero attached hydrogens (tertiary/aromatic N) is 3. The van der Waals surface area contributed by atoms with E-state index in [4.69, 9.17) is 0 Å². The van der Waals surface area contributed by atoms with E-state index in [2.05, 4.69) is 9.88 Å². The smallest absolute Gasteiger partial charge is 0.246 e. The van der Waals surface area contributed by atoms with Crippen LogP contribution in [0.3, 0.4) is 0 Å². The van der Waals surface area contributed by atoms with Gasteiger partial charge in [0.15, 0.2) is 0 Å². The SMILES string of the molecule is O=C(/C=C/c1cccs1)N1CCN(Cc2ccccn2)CC1. The molecule has 3 heterocycles. The second kappa shape index (κ2) is 7.33. The highest BCUT2D eigenvalue weighted by molar-refractivity contribution is 7.10. The normalized spacial score (nSPS) is 16.3. The number of pyridine rings is 1. The second-order valence-corrected chi connectivity index (χ2v) is 6.25. The van der Waals surface area contributed by atoms with Crippen molar-refractivity contribution in [2.45, 2.75) is 6.54 Å². The summed E-state index contributed by atoms with van der Waals surface area (Å²) in [5, 5.41) is 2.01. The average Bonchev–Trinajstić information content (AvgIpc) is 3.08. The van der Waals surface area contributed by atoms with Gasteiger partial charge in [-0.15, -0.1) is 11.3 Å². The van der Waals surface area contributed by atoms with Gasteiger partial charge in [-0.05, 0) is 29.7 Å². The van der Waals surface area contributed by atoms with E-state index in [1.54, 1.807) is 17.4 Å². The first-order valence-corrected chi connectivity index (χ1v) is 8.32. The zero-order valence-corrected chi connectivity index (χ0v) is 13.2. The van der Waals surface area contributed by atoms with Crippen molar-refractivity contribution in [3.05, 3.63) is 58.6 Å². The standard InChI is InChI=1S/C17H19N3OS/c21-17(7-6-16-5-3-13-22-16)20-11-9-19(10-12-20)14-15-4-1-2-8-18-15/h1-8,13H,9-12,14H2/b7-6+. The molecular formula is C17H19N3OS. The van der Waals surface area contributed by atoms with Gasteiger partial charge in [-0.1, -0.05) is 12.1 Å². The van der Waals surface area contributed by atoms with E-state index in [-0.39, 0.29) is 5.91 Å². The molecule has 3 rings (SSSR count). The number of amides is 1. The van der Waals surface area contributed by atoms with Gasteiger partial charge in [0.1, 0.15) is 0 Å². The van der Waals surface area contributed by atoms with Gasteiger partial charge in [0.25, 0.3) is 0 Å². The van der Waals surface area contributed by atoms with Crippen LogP contribution in [0.2, 0.25) is 0 Å². The van der Waals surface area contributed by atoms with Crippen molar-refractivity contribution in [1.29, 1.82) is 0 Å². The van der Waals surface area contributed by atoms with Crippen molar-refractivity contribution < 1.29 is 4.79 Å². The Labute approximate surface area is 134 Å². The van der Waals surface area contributed by atoms with Crippen LogP contribution < -0.4 is 0 Å². The lowest BCUT2D eigenvalue weighted by Crippen LogP contribution is -2.47. The summed E-state index contributed by atoms with van der Waals surface area (Å²) in [4.78, 5) is 21.9. The van der Waals surface area contributed by atoms with Gasteiger partial charge in [-0.3, -0.25) is 14.7 Å². The molecule has 1 amide bonds. The third-order valence-electron chi connectivity index (χ3n) is 3.73. The van der Waals surface area contributed by atoms with Gasteiger partial charge in [0, 0.05) is 49.9 Å². The van der Waals surface area contributed by atoms with Crippen molar-refractivity contribution in [3.8, 4) is 0 Å². The molecule has 0 aliphatic carbocycles.